The number of amides is 1. The van der Waals surface area contributed by atoms with Crippen molar-refractivity contribution in [3.63, 3.8) is 0 Å². The molecule has 1 fully saturated rings. The number of hydrogen-bond donors (Lipinski definition) is 1. The largest absolute Gasteiger partial charge is 0.390 e. The zero-order chi connectivity index (χ0) is 7.02. The normalized spacial score (nSPS) is 35.9. The zero-order valence-corrected chi connectivity index (χ0v) is 5.66. The highest BCUT2D eigenvalue weighted by Gasteiger charge is 2.32. The summed E-state index contributed by atoms with van der Waals surface area (Å²) in [5.41, 5.74) is 0. The van der Waals surface area contributed by atoms with Crippen molar-refractivity contribution < 1.29 is 9.90 Å². The van der Waals surface area contributed by atoms with Gasteiger partial charge >= 0.3 is 0 Å². The van der Waals surface area contributed by atoms with Crippen molar-refractivity contribution in [3.8, 4) is 0 Å². The summed E-state index contributed by atoms with van der Waals surface area (Å²) in [4.78, 5) is 12.3. The van der Waals surface area contributed by atoms with E-state index in [1.807, 2.05) is 6.92 Å². The van der Waals surface area contributed by atoms with E-state index in [2.05, 4.69) is 0 Å². The molecule has 3 heteroatoms. The standard InChI is InChI=1S/C6H11NO2/c1-4-5(8)3-6(9)7(4)2/h4-5,8H,3H2,1-2H3/t4-,5+/m1/s1. The molecule has 52 valence electrons. The van der Waals surface area contributed by atoms with E-state index >= 15 is 0 Å². The van der Waals surface area contributed by atoms with Crippen LogP contribution in [0.25, 0.3) is 0 Å². The van der Waals surface area contributed by atoms with Gasteiger partial charge in [0.15, 0.2) is 0 Å². The fourth-order valence-electron chi connectivity index (χ4n) is 0.979. The Balaban J connectivity index is 2.65. The third-order valence-corrected chi connectivity index (χ3v) is 1.94. The fourth-order valence-corrected chi connectivity index (χ4v) is 0.979. The van der Waals surface area contributed by atoms with E-state index in [1.54, 1.807) is 11.9 Å². The van der Waals surface area contributed by atoms with Crippen molar-refractivity contribution in [2.24, 2.45) is 0 Å². The van der Waals surface area contributed by atoms with E-state index in [0.29, 0.717) is 0 Å². The summed E-state index contributed by atoms with van der Waals surface area (Å²) in [5, 5.41) is 9.08. The smallest absolute Gasteiger partial charge is 0.225 e. The molecule has 0 aromatic heterocycles. The van der Waals surface area contributed by atoms with Gasteiger partial charge in [0.2, 0.25) is 5.91 Å². The van der Waals surface area contributed by atoms with Gasteiger partial charge < -0.3 is 10.0 Å². The van der Waals surface area contributed by atoms with Gasteiger partial charge in [-0.3, -0.25) is 4.79 Å². The van der Waals surface area contributed by atoms with Crippen LogP contribution in [0.4, 0.5) is 0 Å². The van der Waals surface area contributed by atoms with Crippen molar-refractivity contribution in [1.82, 2.24) is 4.90 Å². The molecular formula is C6H11NO2. The second kappa shape index (κ2) is 1.99. The van der Waals surface area contributed by atoms with Gasteiger partial charge in [0.25, 0.3) is 0 Å². The summed E-state index contributed by atoms with van der Waals surface area (Å²) in [5.74, 6) is 0.0370. The molecule has 0 aromatic carbocycles. The van der Waals surface area contributed by atoms with Gasteiger partial charge in [0.1, 0.15) is 0 Å². The SMILES string of the molecule is C[C@@H]1[C@@H](O)CC(=O)N1C. The van der Waals surface area contributed by atoms with E-state index < -0.39 is 6.10 Å². The van der Waals surface area contributed by atoms with Crippen LogP contribution in [-0.2, 0) is 4.79 Å². The van der Waals surface area contributed by atoms with Gasteiger partial charge in [-0.2, -0.15) is 0 Å². The average molecular weight is 129 g/mol. The first kappa shape index (κ1) is 6.55. The Labute approximate surface area is 54.3 Å². The maximum absolute atomic E-state index is 10.8. The summed E-state index contributed by atoms with van der Waals surface area (Å²) < 4.78 is 0. The molecule has 1 aliphatic rings. The molecule has 0 spiro atoms. The number of hydrogen-bond acceptors (Lipinski definition) is 2. The number of likely N-dealkylation sites (N-methyl/N-ethyl adjacent to an activating group) is 1. The van der Waals surface area contributed by atoms with Crippen LogP contribution in [0, 0.1) is 0 Å². The molecule has 3 nitrogen and oxygen atoms in total. The number of carbonyl (C=O) groups is 1. The number of likely N-dealkylation sites (tertiary alicyclic amines) is 1. The maximum Gasteiger partial charge on any atom is 0.225 e. The summed E-state index contributed by atoms with van der Waals surface area (Å²) in [6, 6.07) is -0.00231. The van der Waals surface area contributed by atoms with Gasteiger partial charge in [-0.25, -0.2) is 0 Å². The molecule has 0 bridgehead atoms. The minimum Gasteiger partial charge on any atom is -0.390 e. The van der Waals surface area contributed by atoms with Crippen LogP contribution in [0.15, 0.2) is 0 Å². The Hall–Kier alpha value is -0.570. The molecule has 0 radical (unpaired) electrons. The van der Waals surface area contributed by atoms with E-state index in [9.17, 15) is 4.79 Å². The van der Waals surface area contributed by atoms with Crippen LogP contribution in [0.3, 0.4) is 0 Å². The molecule has 2 atom stereocenters. The van der Waals surface area contributed by atoms with Crippen LogP contribution in [-0.4, -0.2) is 35.1 Å². The van der Waals surface area contributed by atoms with Gasteiger partial charge in [-0.05, 0) is 6.92 Å². The van der Waals surface area contributed by atoms with Crippen molar-refractivity contribution in [2.45, 2.75) is 25.5 Å². The van der Waals surface area contributed by atoms with Gasteiger partial charge in [-0.1, -0.05) is 0 Å². The van der Waals surface area contributed by atoms with Crippen LogP contribution < -0.4 is 0 Å². The molecule has 1 N–H and O–H groups in total. The first-order valence-electron chi connectivity index (χ1n) is 3.06. The Kier molecular flexibility index (Phi) is 1.45. The number of nitrogens with zero attached hydrogens (tertiary/aromatic N) is 1. The third-order valence-electron chi connectivity index (χ3n) is 1.94. The first-order chi connectivity index (χ1) is 4.13. The van der Waals surface area contributed by atoms with E-state index in [4.69, 9.17) is 5.11 Å². The minimum absolute atomic E-state index is 0.00231. The summed E-state index contributed by atoms with van der Waals surface area (Å²) in [7, 11) is 1.71. The molecule has 0 unspecified atom stereocenters. The first-order valence-corrected chi connectivity index (χ1v) is 3.06. The lowest BCUT2D eigenvalue weighted by Gasteiger charge is -2.15. The number of aliphatic hydroxyl groups excluding tert-OH is 1. The molecule has 1 heterocycles. The lowest BCUT2D eigenvalue weighted by atomic mass is 10.2. The Morgan fingerprint density at radius 2 is 2.33 bits per heavy atom. The van der Waals surface area contributed by atoms with Crippen LogP contribution >= 0.6 is 0 Å². The number of carbonyl (C=O) groups excluding carboxylic acids is 1. The number of rotatable bonds is 0. The van der Waals surface area contributed by atoms with Crippen LogP contribution in [0.5, 0.6) is 0 Å². The zero-order valence-electron chi connectivity index (χ0n) is 5.66. The molecule has 0 aromatic rings. The van der Waals surface area contributed by atoms with Crippen LogP contribution in [0.1, 0.15) is 13.3 Å². The highest BCUT2D eigenvalue weighted by Crippen LogP contribution is 2.15. The summed E-state index contributed by atoms with van der Waals surface area (Å²) in [6.07, 6.45) is -0.167. The molecule has 0 aliphatic carbocycles. The predicted molar refractivity (Wildman–Crippen MR) is 32.9 cm³/mol. The molecule has 9 heavy (non-hydrogen) atoms. The minimum atomic E-state index is -0.456. The summed E-state index contributed by atoms with van der Waals surface area (Å²) >= 11 is 0. The Bertz CT molecular complexity index is 135. The fraction of sp³-hybridized carbons (Fsp3) is 0.833. The quantitative estimate of drug-likeness (QED) is 0.483. The Morgan fingerprint density at radius 3 is 2.44 bits per heavy atom. The van der Waals surface area contributed by atoms with Crippen molar-refractivity contribution in [2.75, 3.05) is 7.05 Å². The van der Waals surface area contributed by atoms with Crippen molar-refractivity contribution in [1.29, 1.82) is 0 Å². The van der Waals surface area contributed by atoms with Gasteiger partial charge in [0, 0.05) is 7.05 Å². The lowest BCUT2D eigenvalue weighted by Crippen LogP contribution is -2.30. The predicted octanol–water partition coefficient (Wildman–Crippen LogP) is -0.402. The molecule has 1 amide bonds. The highest BCUT2D eigenvalue weighted by molar-refractivity contribution is 5.79. The second-order valence-electron chi connectivity index (χ2n) is 2.52. The molecule has 1 rings (SSSR count). The van der Waals surface area contributed by atoms with Gasteiger partial charge in [-0.15, -0.1) is 0 Å². The monoisotopic (exact) mass is 129 g/mol. The van der Waals surface area contributed by atoms with E-state index in [0.717, 1.165) is 0 Å². The molecular weight excluding hydrogens is 118 g/mol. The third kappa shape index (κ3) is 0.920. The summed E-state index contributed by atoms with van der Waals surface area (Å²) in [6.45, 7) is 1.84. The average Bonchev–Trinajstić information content (AvgIpc) is 1.98. The van der Waals surface area contributed by atoms with Crippen LogP contribution in [0.2, 0.25) is 0 Å². The number of aliphatic hydroxyl groups is 1. The van der Waals surface area contributed by atoms with Crippen molar-refractivity contribution >= 4 is 5.91 Å². The lowest BCUT2D eigenvalue weighted by molar-refractivity contribution is -0.127. The topological polar surface area (TPSA) is 40.5 Å². The Morgan fingerprint density at radius 1 is 1.78 bits per heavy atom. The maximum atomic E-state index is 10.8. The highest BCUT2D eigenvalue weighted by atomic mass is 16.3. The molecule has 1 aliphatic heterocycles. The van der Waals surface area contributed by atoms with Gasteiger partial charge in [0.05, 0.1) is 18.6 Å². The molecule has 0 saturated carbocycles. The van der Waals surface area contributed by atoms with E-state index in [1.165, 1.54) is 0 Å². The van der Waals surface area contributed by atoms with E-state index in [-0.39, 0.29) is 18.4 Å². The molecule has 1 saturated heterocycles. The second-order valence-corrected chi connectivity index (χ2v) is 2.52. The van der Waals surface area contributed by atoms with Crippen molar-refractivity contribution in [3.05, 3.63) is 0 Å².